The molecule has 1 amide bonds. The van der Waals surface area contributed by atoms with Crippen molar-refractivity contribution in [1.29, 1.82) is 0 Å². The first-order valence-corrected chi connectivity index (χ1v) is 14.9. The van der Waals surface area contributed by atoms with Gasteiger partial charge in [0, 0.05) is 31.9 Å². The number of carbonyl (C=O) groups excluding carboxylic acids is 1. The van der Waals surface area contributed by atoms with Crippen LogP contribution < -0.4 is 19.7 Å². The molecule has 2 aromatic carbocycles. The van der Waals surface area contributed by atoms with Crippen LogP contribution in [0.15, 0.2) is 42.7 Å². The number of hydrogen-bond acceptors (Lipinski definition) is 7. The molecule has 0 atom stereocenters. The molecular formula is C27H31F3N6O4S. The average molecular weight is 593 g/mol. The van der Waals surface area contributed by atoms with Crippen molar-refractivity contribution in [3.05, 3.63) is 48.3 Å². The zero-order chi connectivity index (χ0) is 29.4. The number of rotatable bonds is 9. The van der Waals surface area contributed by atoms with E-state index >= 15 is 0 Å². The molecule has 10 nitrogen and oxygen atoms in total. The molecule has 1 saturated heterocycles. The van der Waals surface area contributed by atoms with Crippen LogP contribution in [0.1, 0.15) is 43.0 Å². The van der Waals surface area contributed by atoms with E-state index in [1.54, 1.807) is 19.2 Å². The Morgan fingerprint density at radius 3 is 2.39 bits per heavy atom. The lowest BCUT2D eigenvalue weighted by Crippen LogP contribution is -2.35. The van der Waals surface area contributed by atoms with Gasteiger partial charge in [0.1, 0.15) is 12.1 Å². The lowest BCUT2D eigenvalue weighted by atomic mass is 9.93. The van der Waals surface area contributed by atoms with Gasteiger partial charge < -0.3 is 15.0 Å². The van der Waals surface area contributed by atoms with Gasteiger partial charge in [0.25, 0.3) is 5.91 Å². The summed E-state index contributed by atoms with van der Waals surface area (Å²) in [5.41, 5.74) is 2.08. The highest BCUT2D eigenvalue weighted by atomic mass is 32.2. The van der Waals surface area contributed by atoms with Gasteiger partial charge in [-0.1, -0.05) is 0 Å². The second-order valence-corrected chi connectivity index (χ2v) is 12.5. The van der Waals surface area contributed by atoms with E-state index in [-0.39, 0.29) is 28.6 Å². The van der Waals surface area contributed by atoms with Gasteiger partial charge in [-0.25, -0.2) is 13.4 Å². The van der Waals surface area contributed by atoms with Crippen molar-refractivity contribution in [2.24, 2.45) is 12.5 Å². The van der Waals surface area contributed by atoms with E-state index in [9.17, 15) is 26.4 Å². The second-order valence-electron chi connectivity index (χ2n) is 10.5. The maximum Gasteiger partial charge on any atom is 0.422 e. The summed E-state index contributed by atoms with van der Waals surface area (Å²) in [5.74, 6) is -0.559. The number of alkyl halides is 3. The monoisotopic (exact) mass is 592 g/mol. The molecule has 1 aliphatic carbocycles. The van der Waals surface area contributed by atoms with E-state index in [0.29, 0.717) is 22.4 Å². The minimum Gasteiger partial charge on any atom is -0.483 e. The minimum atomic E-state index is -4.57. The molecule has 0 radical (unpaired) electrons. The number of carbonyl (C=O) groups is 1. The van der Waals surface area contributed by atoms with Crippen LogP contribution in [0.25, 0.3) is 11.4 Å². The zero-order valence-electron chi connectivity index (χ0n) is 22.7. The number of aromatic nitrogens is 3. The fourth-order valence-corrected chi connectivity index (χ4v) is 5.55. The van der Waals surface area contributed by atoms with Crippen LogP contribution in [0.3, 0.4) is 0 Å². The lowest BCUT2D eigenvalue weighted by molar-refractivity contribution is -0.153. The largest absolute Gasteiger partial charge is 0.483 e. The van der Waals surface area contributed by atoms with E-state index in [1.165, 1.54) is 55.0 Å². The van der Waals surface area contributed by atoms with Crippen molar-refractivity contribution in [2.75, 3.05) is 40.4 Å². The van der Waals surface area contributed by atoms with Gasteiger partial charge in [-0.2, -0.15) is 18.3 Å². The predicted molar refractivity (Wildman–Crippen MR) is 149 cm³/mol. The van der Waals surface area contributed by atoms with E-state index in [0.717, 1.165) is 25.9 Å². The van der Waals surface area contributed by atoms with Crippen LogP contribution in [-0.4, -0.2) is 60.7 Å². The van der Waals surface area contributed by atoms with Crippen molar-refractivity contribution in [3.8, 4) is 17.1 Å². The van der Waals surface area contributed by atoms with Crippen molar-refractivity contribution in [3.63, 3.8) is 0 Å². The van der Waals surface area contributed by atoms with Gasteiger partial charge in [-0.05, 0) is 68.4 Å². The predicted octanol–water partition coefficient (Wildman–Crippen LogP) is 4.82. The molecule has 2 heterocycles. The lowest BCUT2D eigenvalue weighted by Gasteiger charge is -2.35. The average Bonchev–Trinajstić information content (AvgIpc) is 3.53. The van der Waals surface area contributed by atoms with E-state index in [1.807, 2.05) is 0 Å². The van der Waals surface area contributed by atoms with Gasteiger partial charge >= 0.3 is 6.18 Å². The maximum absolute atomic E-state index is 13.5. The standard InChI is InChI=1S/C27H31F3N6O4S/c1-3-41(38,39)34-19-5-6-20(22(14-19)36-12-10-26(8-9-26)11-13-36)25(37)32-18-4-7-21(24-31-17-35(2)33-24)23(15-18)40-16-27(28,29)30/h4-7,14-15,17,34H,3,8-13,16H2,1-2H3,(H,32,37). The molecule has 2 N–H and O–H groups in total. The summed E-state index contributed by atoms with van der Waals surface area (Å²) in [6.45, 7) is 1.46. The molecule has 0 unspecified atom stereocenters. The molecule has 2 fully saturated rings. The van der Waals surface area contributed by atoms with Gasteiger partial charge in [-0.3, -0.25) is 14.2 Å². The molecule has 5 rings (SSSR count). The highest BCUT2D eigenvalue weighted by Gasteiger charge is 2.44. The molecule has 41 heavy (non-hydrogen) atoms. The van der Waals surface area contributed by atoms with Gasteiger partial charge in [0.2, 0.25) is 10.0 Å². The Labute approximate surface area is 235 Å². The van der Waals surface area contributed by atoms with Crippen molar-refractivity contribution in [2.45, 2.75) is 38.8 Å². The molecular weight excluding hydrogens is 561 g/mol. The number of sulfonamides is 1. The van der Waals surface area contributed by atoms with E-state index < -0.39 is 28.7 Å². The fourth-order valence-electron chi connectivity index (χ4n) is 4.92. The van der Waals surface area contributed by atoms with Gasteiger partial charge in [0.05, 0.1) is 28.3 Å². The number of anilines is 3. The first-order valence-electron chi connectivity index (χ1n) is 13.3. The Balaban J connectivity index is 1.43. The quantitative estimate of drug-likeness (QED) is 0.366. The number of nitrogens with one attached hydrogen (secondary N) is 2. The first kappa shape index (κ1) is 28.7. The molecule has 1 aromatic heterocycles. The smallest absolute Gasteiger partial charge is 0.422 e. The minimum absolute atomic E-state index is 0.0977. The molecule has 0 bridgehead atoms. The molecule has 1 saturated carbocycles. The number of amides is 1. The number of benzene rings is 2. The number of aryl methyl sites for hydroxylation is 1. The number of halogens is 3. The number of piperidine rings is 1. The third-order valence-electron chi connectivity index (χ3n) is 7.49. The summed E-state index contributed by atoms with van der Waals surface area (Å²) < 4.78 is 72.3. The Hall–Kier alpha value is -3.81. The summed E-state index contributed by atoms with van der Waals surface area (Å²) in [6, 6.07) is 9.04. The summed E-state index contributed by atoms with van der Waals surface area (Å²) in [5, 5.41) is 6.90. The Kier molecular flexibility index (Phi) is 7.62. The van der Waals surface area contributed by atoms with Crippen LogP contribution in [0.5, 0.6) is 5.75 Å². The highest BCUT2D eigenvalue weighted by molar-refractivity contribution is 7.92. The number of nitrogens with zero attached hydrogens (tertiary/aromatic N) is 4. The van der Waals surface area contributed by atoms with Crippen LogP contribution in [0.4, 0.5) is 30.2 Å². The van der Waals surface area contributed by atoms with E-state index in [4.69, 9.17) is 4.74 Å². The van der Waals surface area contributed by atoms with Crippen molar-refractivity contribution in [1.82, 2.24) is 14.8 Å². The van der Waals surface area contributed by atoms with Gasteiger partial charge in [0.15, 0.2) is 12.4 Å². The third kappa shape index (κ3) is 6.92. The first-order chi connectivity index (χ1) is 19.4. The summed E-state index contributed by atoms with van der Waals surface area (Å²) in [4.78, 5) is 19.7. The summed E-state index contributed by atoms with van der Waals surface area (Å²) >= 11 is 0. The van der Waals surface area contributed by atoms with Crippen LogP contribution in [0.2, 0.25) is 0 Å². The molecule has 1 spiro atoms. The van der Waals surface area contributed by atoms with Crippen molar-refractivity contribution >= 4 is 33.0 Å². The second kappa shape index (κ2) is 10.9. The van der Waals surface area contributed by atoms with Crippen LogP contribution in [-0.2, 0) is 17.1 Å². The third-order valence-corrected chi connectivity index (χ3v) is 8.80. The maximum atomic E-state index is 13.5. The van der Waals surface area contributed by atoms with Crippen molar-refractivity contribution < 1.29 is 31.1 Å². The molecule has 14 heteroatoms. The normalized spacial score (nSPS) is 16.5. The molecule has 2 aliphatic rings. The SMILES string of the molecule is CCS(=O)(=O)Nc1ccc(C(=O)Nc2ccc(-c3ncn(C)n3)c(OCC(F)(F)F)c2)c(N2CCC3(CC2)CC3)c1. The topological polar surface area (TPSA) is 118 Å². The van der Waals surface area contributed by atoms with Crippen LogP contribution in [0, 0.1) is 5.41 Å². The molecule has 1 aliphatic heterocycles. The highest BCUT2D eigenvalue weighted by Crippen LogP contribution is 2.54. The zero-order valence-corrected chi connectivity index (χ0v) is 23.5. The van der Waals surface area contributed by atoms with E-state index in [2.05, 4.69) is 25.0 Å². The number of ether oxygens (including phenoxy) is 1. The summed E-state index contributed by atoms with van der Waals surface area (Å²) in [6.07, 6.45) is 1.22. The van der Waals surface area contributed by atoms with Gasteiger partial charge in [-0.15, -0.1) is 0 Å². The summed E-state index contributed by atoms with van der Waals surface area (Å²) in [7, 11) is -1.90. The number of hydrogen-bond donors (Lipinski definition) is 2. The molecule has 3 aromatic rings. The Morgan fingerprint density at radius 2 is 1.78 bits per heavy atom. The Bertz CT molecular complexity index is 1540. The molecule has 220 valence electrons. The fraction of sp³-hybridized carbons (Fsp3) is 0.444. The van der Waals surface area contributed by atoms with Crippen LogP contribution >= 0.6 is 0 Å². The Morgan fingerprint density at radius 1 is 1.07 bits per heavy atom.